The van der Waals surface area contributed by atoms with Crippen molar-refractivity contribution >= 4 is 63.7 Å². The third kappa shape index (κ3) is 5.26. The zero-order chi connectivity index (χ0) is 20.1. The van der Waals surface area contributed by atoms with Crippen molar-refractivity contribution in [2.24, 2.45) is 4.99 Å². The predicted molar refractivity (Wildman–Crippen MR) is 116 cm³/mol. The van der Waals surface area contributed by atoms with E-state index in [1.807, 2.05) is 48.5 Å². The third-order valence-corrected chi connectivity index (χ3v) is 4.50. The van der Waals surface area contributed by atoms with Gasteiger partial charge in [-0.3, -0.25) is 4.57 Å². The number of nitrogens with zero attached hydrogens (tertiary/aromatic N) is 3. The zero-order valence-corrected chi connectivity index (χ0v) is 17.3. The van der Waals surface area contributed by atoms with Crippen molar-refractivity contribution in [1.29, 1.82) is 0 Å². The molecule has 0 bridgehead atoms. The fourth-order valence-corrected chi connectivity index (χ4v) is 3.03. The van der Waals surface area contributed by atoms with Crippen LogP contribution in [0.4, 0.5) is 11.5 Å². The molecule has 2 aromatic carbocycles. The number of alkyl halides is 4. The van der Waals surface area contributed by atoms with Gasteiger partial charge in [-0.05, 0) is 23.8 Å². The highest BCUT2D eigenvalue weighted by Gasteiger charge is 2.31. The lowest BCUT2D eigenvalue weighted by atomic mass is 10.2. The Morgan fingerprint density at radius 2 is 1.61 bits per heavy atom. The van der Waals surface area contributed by atoms with Crippen LogP contribution in [-0.2, 0) is 0 Å². The quantitative estimate of drug-likeness (QED) is 0.243. The molecule has 144 valence electrons. The molecule has 0 spiro atoms. The van der Waals surface area contributed by atoms with Crippen LogP contribution in [0.5, 0.6) is 0 Å². The minimum absolute atomic E-state index is 0.148. The molecule has 0 saturated heterocycles. The van der Waals surface area contributed by atoms with Gasteiger partial charge in [0.05, 0.1) is 0 Å². The van der Waals surface area contributed by atoms with Crippen LogP contribution in [0, 0.1) is 0 Å². The predicted octanol–water partition coefficient (Wildman–Crippen LogP) is 5.54. The number of rotatable bonds is 4. The number of benzene rings is 2. The van der Waals surface area contributed by atoms with E-state index in [9.17, 15) is 4.79 Å². The fourth-order valence-electron chi connectivity index (χ4n) is 2.37. The van der Waals surface area contributed by atoms with E-state index < -0.39 is 15.0 Å². The topological polar surface area (TPSA) is 59.3 Å². The largest absolute Gasteiger partial charge is 0.355 e. The minimum atomic E-state index is -1.98. The van der Waals surface area contributed by atoms with Crippen molar-refractivity contribution in [2.45, 2.75) is 9.29 Å². The first kappa shape index (κ1) is 20.7. The summed E-state index contributed by atoms with van der Waals surface area (Å²) in [6, 6.07) is 19.9. The molecule has 0 unspecified atom stereocenters. The molecule has 1 N–H and O–H groups in total. The first-order valence-electron chi connectivity index (χ1n) is 8.11. The monoisotopic (exact) mass is 454 g/mol. The van der Waals surface area contributed by atoms with Crippen LogP contribution in [0.15, 0.2) is 82.7 Å². The maximum atomic E-state index is 12.5. The first-order chi connectivity index (χ1) is 13.3. The van der Waals surface area contributed by atoms with E-state index in [-0.39, 0.29) is 5.84 Å². The first-order valence-corrected chi connectivity index (χ1v) is 9.68. The molecule has 1 heterocycles. The van der Waals surface area contributed by atoms with E-state index in [2.05, 4.69) is 15.3 Å². The summed E-state index contributed by atoms with van der Waals surface area (Å²) < 4.78 is -0.927. The van der Waals surface area contributed by atoms with Crippen molar-refractivity contribution in [3.05, 3.63) is 89.0 Å². The van der Waals surface area contributed by atoms with Crippen LogP contribution in [-0.4, -0.2) is 19.2 Å². The summed E-state index contributed by atoms with van der Waals surface area (Å²) in [5.74, 6) is 0.201. The Bertz CT molecular complexity index is 1020. The second-order valence-electron chi connectivity index (χ2n) is 5.65. The maximum Gasteiger partial charge on any atom is 0.355 e. The highest BCUT2D eigenvalue weighted by Crippen LogP contribution is 2.32. The van der Waals surface area contributed by atoms with E-state index in [1.165, 1.54) is 6.20 Å². The van der Waals surface area contributed by atoms with Crippen LogP contribution in [0.3, 0.4) is 0 Å². The number of halogens is 4. The van der Waals surface area contributed by atoms with Gasteiger partial charge in [0.25, 0.3) is 0 Å². The number of aliphatic imine (C=N–C) groups is 1. The molecule has 3 rings (SSSR count). The van der Waals surface area contributed by atoms with E-state index in [1.54, 1.807) is 18.2 Å². The molecule has 3 aromatic rings. The van der Waals surface area contributed by atoms with Gasteiger partial charge in [0.15, 0.2) is 11.3 Å². The Morgan fingerprint density at radius 3 is 2.18 bits per heavy atom. The summed E-state index contributed by atoms with van der Waals surface area (Å²) in [5.41, 5.74) is -0.0320. The average molecular weight is 456 g/mol. The van der Waals surface area contributed by atoms with Crippen molar-refractivity contribution in [1.82, 2.24) is 9.55 Å². The Labute approximate surface area is 181 Å². The lowest BCUT2D eigenvalue weighted by Gasteiger charge is -2.18. The fraction of sp³-hybridized carbons (Fsp3) is 0.105. The molecule has 1 atom stereocenters. The number of hydrogen-bond acceptors (Lipinski definition) is 4. The summed E-state index contributed by atoms with van der Waals surface area (Å²) in [6.07, 6.45) is 1.43. The van der Waals surface area contributed by atoms with Crippen LogP contribution >= 0.6 is 46.4 Å². The molecule has 0 radical (unpaired) electrons. The Hall–Kier alpha value is -2.05. The van der Waals surface area contributed by atoms with Gasteiger partial charge in [-0.15, -0.1) is 0 Å². The highest BCUT2D eigenvalue weighted by molar-refractivity contribution is 6.76. The van der Waals surface area contributed by atoms with Crippen LogP contribution in [0.2, 0.25) is 0 Å². The molecular weight excluding hydrogens is 442 g/mol. The summed E-state index contributed by atoms with van der Waals surface area (Å²) >= 11 is 24.5. The number of nitrogens with one attached hydrogen (secondary N) is 1. The van der Waals surface area contributed by atoms with Crippen LogP contribution in [0.1, 0.15) is 11.1 Å². The van der Waals surface area contributed by atoms with Crippen LogP contribution < -0.4 is 11.0 Å². The molecule has 0 aliphatic heterocycles. The summed E-state index contributed by atoms with van der Waals surface area (Å²) in [7, 11) is 0. The molecule has 1 aromatic heterocycles. The van der Waals surface area contributed by atoms with Gasteiger partial charge in [-0.25, -0.2) is 9.79 Å². The van der Waals surface area contributed by atoms with E-state index >= 15 is 0 Å². The highest BCUT2D eigenvalue weighted by atomic mass is 35.6. The number of para-hydroxylation sites is 1. The van der Waals surface area contributed by atoms with Crippen molar-refractivity contribution in [3.63, 3.8) is 0 Å². The molecule has 0 aliphatic carbocycles. The van der Waals surface area contributed by atoms with Gasteiger partial charge < -0.3 is 5.32 Å². The number of anilines is 2. The molecule has 9 heteroatoms. The molecule has 0 amide bonds. The molecule has 0 aliphatic rings. The van der Waals surface area contributed by atoms with Gasteiger partial charge in [0.2, 0.25) is 3.79 Å². The zero-order valence-electron chi connectivity index (χ0n) is 14.3. The van der Waals surface area contributed by atoms with Crippen LogP contribution in [0.25, 0.3) is 0 Å². The molecule has 0 saturated carbocycles. The van der Waals surface area contributed by atoms with Gasteiger partial charge in [0.1, 0.15) is 5.82 Å². The van der Waals surface area contributed by atoms with Gasteiger partial charge in [-0.2, -0.15) is 4.98 Å². The van der Waals surface area contributed by atoms with Crippen molar-refractivity contribution in [3.8, 4) is 0 Å². The Balaban J connectivity index is 1.95. The molecule has 0 fully saturated rings. The second-order valence-corrected chi connectivity index (χ2v) is 8.35. The summed E-state index contributed by atoms with van der Waals surface area (Å²) in [6.45, 7) is 0. The lowest BCUT2D eigenvalue weighted by Crippen LogP contribution is -2.37. The maximum absolute atomic E-state index is 12.5. The minimum Gasteiger partial charge on any atom is -0.340 e. The smallest absolute Gasteiger partial charge is 0.340 e. The van der Waals surface area contributed by atoms with Crippen molar-refractivity contribution in [2.75, 3.05) is 5.32 Å². The average Bonchev–Trinajstić information content (AvgIpc) is 2.67. The molecule has 5 nitrogen and oxygen atoms in total. The molecular formula is C19H14Cl4N4O. The Morgan fingerprint density at radius 1 is 1.00 bits per heavy atom. The van der Waals surface area contributed by atoms with Gasteiger partial charge in [0, 0.05) is 11.9 Å². The molecule has 28 heavy (non-hydrogen) atoms. The van der Waals surface area contributed by atoms with E-state index in [0.29, 0.717) is 11.4 Å². The number of hydrogen-bond donors (Lipinski definition) is 1. The third-order valence-electron chi connectivity index (χ3n) is 3.64. The second kappa shape index (κ2) is 8.97. The Kier molecular flexibility index (Phi) is 6.62. The lowest BCUT2D eigenvalue weighted by molar-refractivity contribution is 0.908. The van der Waals surface area contributed by atoms with Gasteiger partial charge >= 0.3 is 5.69 Å². The van der Waals surface area contributed by atoms with E-state index in [0.717, 1.165) is 10.3 Å². The van der Waals surface area contributed by atoms with E-state index in [4.69, 9.17) is 46.4 Å². The summed E-state index contributed by atoms with van der Waals surface area (Å²) in [4.78, 5) is 20.8. The van der Waals surface area contributed by atoms with Gasteiger partial charge in [-0.1, -0.05) is 94.9 Å². The SMILES string of the molecule is O=c1nc(Nc2ccccc2)ccn1C(=N[C@H](Cl)c1ccccc1)C(Cl)(Cl)Cl. The standard InChI is InChI=1S/C19H14Cl4N4O/c20-16(13-7-3-1-4-8-13)26-17(19(21,22)23)27-12-11-15(25-18(27)28)24-14-9-5-2-6-10-14/h1-12,16H,(H,24,25,28)/t16-/m0/s1. The normalized spacial score (nSPS) is 13.2. The van der Waals surface area contributed by atoms with Crippen molar-refractivity contribution < 1.29 is 0 Å². The number of aromatic nitrogens is 2. The summed E-state index contributed by atoms with van der Waals surface area (Å²) in [5, 5.41) is 3.03.